The predicted octanol–water partition coefficient (Wildman–Crippen LogP) is 2.01. The highest BCUT2D eigenvalue weighted by Gasteiger charge is 2.11. The smallest absolute Gasteiger partial charge is 0.236 e. The van der Waals surface area contributed by atoms with Crippen LogP contribution in [0.3, 0.4) is 0 Å². The number of thiophene rings is 1. The van der Waals surface area contributed by atoms with Crippen LogP contribution < -0.4 is 5.32 Å². The van der Waals surface area contributed by atoms with E-state index in [1.807, 2.05) is 20.9 Å². The Bertz CT molecular complexity index is 347. The molecule has 0 bridgehead atoms. The summed E-state index contributed by atoms with van der Waals surface area (Å²) in [5.41, 5.74) is 1.29. The molecule has 0 unspecified atom stereocenters. The van der Waals surface area contributed by atoms with Gasteiger partial charge in [0.05, 0.1) is 6.54 Å². The molecule has 1 amide bonds. The van der Waals surface area contributed by atoms with E-state index in [0.717, 1.165) is 6.54 Å². The highest BCUT2D eigenvalue weighted by atomic mass is 32.1. The van der Waals surface area contributed by atoms with Gasteiger partial charge in [-0.2, -0.15) is 0 Å². The maximum Gasteiger partial charge on any atom is 0.236 e. The molecule has 0 aromatic carbocycles. The molecule has 0 fully saturated rings. The van der Waals surface area contributed by atoms with Gasteiger partial charge in [0, 0.05) is 24.5 Å². The Kier molecular flexibility index (Phi) is 4.96. The SMILES string of the molecule is Cc1ccsc1CNCC(=O)N(C)C(C)C. The number of rotatable bonds is 5. The van der Waals surface area contributed by atoms with Crippen molar-refractivity contribution in [2.45, 2.75) is 33.4 Å². The minimum atomic E-state index is 0.143. The molecule has 0 atom stereocenters. The Hall–Kier alpha value is -0.870. The zero-order valence-electron chi connectivity index (χ0n) is 10.4. The molecule has 0 spiro atoms. The molecule has 0 aliphatic heterocycles. The first-order chi connectivity index (χ1) is 7.52. The maximum absolute atomic E-state index is 11.7. The van der Waals surface area contributed by atoms with Crippen LogP contribution in [0.1, 0.15) is 24.3 Å². The molecule has 1 aromatic rings. The van der Waals surface area contributed by atoms with E-state index < -0.39 is 0 Å². The van der Waals surface area contributed by atoms with Crippen molar-refractivity contribution in [2.75, 3.05) is 13.6 Å². The second-order valence-corrected chi connectivity index (χ2v) is 5.23. The van der Waals surface area contributed by atoms with Gasteiger partial charge in [-0.1, -0.05) is 0 Å². The van der Waals surface area contributed by atoms with E-state index in [-0.39, 0.29) is 11.9 Å². The summed E-state index contributed by atoms with van der Waals surface area (Å²) in [4.78, 5) is 14.7. The summed E-state index contributed by atoms with van der Waals surface area (Å²) in [5, 5.41) is 5.26. The van der Waals surface area contributed by atoms with Crippen molar-refractivity contribution in [3.63, 3.8) is 0 Å². The Morgan fingerprint density at radius 3 is 2.75 bits per heavy atom. The fourth-order valence-corrected chi connectivity index (χ4v) is 2.16. The van der Waals surface area contributed by atoms with E-state index in [4.69, 9.17) is 0 Å². The summed E-state index contributed by atoms with van der Waals surface area (Å²) in [6, 6.07) is 2.36. The zero-order valence-corrected chi connectivity index (χ0v) is 11.2. The Labute approximate surface area is 101 Å². The predicted molar refractivity (Wildman–Crippen MR) is 68.7 cm³/mol. The molecule has 0 saturated heterocycles. The topological polar surface area (TPSA) is 32.3 Å². The molecule has 3 nitrogen and oxygen atoms in total. The van der Waals surface area contributed by atoms with E-state index in [9.17, 15) is 4.79 Å². The summed E-state index contributed by atoms with van der Waals surface area (Å²) in [6.45, 7) is 7.31. The number of carbonyl (C=O) groups excluding carboxylic acids is 1. The highest BCUT2D eigenvalue weighted by molar-refractivity contribution is 7.10. The molecular weight excluding hydrogens is 220 g/mol. The molecule has 0 radical (unpaired) electrons. The average molecular weight is 240 g/mol. The first-order valence-electron chi connectivity index (χ1n) is 5.51. The van der Waals surface area contributed by atoms with Gasteiger partial charge in [0.15, 0.2) is 0 Å². The number of hydrogen-bond donors (Lipinski definition) is 1. The van der Waals surface area contributed by atoms with Crippen LogP contribution in [0.15, 0.2) is 11.4 Å². The molecule has 1 aromatic heterocycles. The van der Waals surface area contributed by atoms with Gasteiger partial charge in [0.25, 0.3) is 0 Å². The van der Waals surface area contributed by atoms with Crippen molar-refractivity contribution in [1.29, 1.82) is 0 Å². The van der Waals surface area contributed by atoms with Crippen molar-refractivity contribution < 1.29 is 4.79 Å². The molecule has 0 saturated carbocycles. The lowest BCUT2D eigenvalue weighted by Gasteiger charge is -2.21. The van der Waals surface area contributed by atoms with Crippen molar-refractivity contribution in [3.8, 4) is 0 Å². The summed E-state index contributed by atoms with van der Waals surface area (Å²) in [5.74, 6) is 0.143. The number of amides is 1. The maximum atomic E-state index is 11.7. The zero-order chi connectivity index (χ0) is 12.1. The van der Waals surface area contributed by atoms with Gasteiger partial charge >= 0.3 is 0 Å². The third-order valence-electron chi connectivity index (χ3n) is 2.70. The second kappa shape index (κ2) is 6.01. The van der Waals surface area contributed by atoms with Crippen molar-refractivity contribution in [2.24, 2.45) is 0 Å². The number of hydrogen-bond acceptors (Lipinski definition) is 3. The number of carbonyl (C=O) groups is 1. The van der Waals surface area contributed by atoms with Crippen LogP contribution in [-0.2, 0) is 11.3 Å². The minimum Gasteiger partial charge on any atom is -0.342 e. The molecule has 16 heavy (non-hydrogen) atoms. The normalized spacial score (nSPS) is 10.8. The van der Waals surface area contributed by atoms with Gasteiger partial charge in [-0.25, -0.2) is 0 Å². The Balaban J connectivity index is 2.31. The third kappa shape index (κ3) is 3.61. The van der Waals surface area contributed by atoms with Crippen molar-refractivity contribution in [1.82, 2.24) is 10.2 Å². The molecule has 0 aliphatic rings. The van der Waals surface area contributed by atoms with Gasteiger partial charge in [-0.3, -0.25) is 4.79 Å². The standard InChI is InChI=1S/C12H20N2OS/c1-9(2)14(4)12(15)8-13-7-11-10(3)5-6-16-11/h5-6,9,13H,7-8H2,1-4H3. The van der Waals surface area contributed by atoms with Crippen molar-refractivity contribution >= 4 is 17.2 Å². The number of nitrogens with zero attached hydrogens (tertiary/aromatic N) is 1. The first kappa shape index (κ1) is 13.2. The number of likely N-dealkylation sites (N-methyl/N-ethyl adjacent to an activating group) is 1. The lowest BCUT2D eigenvalue weighted by molar-refractivity contribution is -0.130. The molecule has 4 heteroatoms. The number of aryl methyl sites for hydroxylation is 1. The fourth-order valence-electron chi connectivity index (χ4n) is 1.28. The van der Waals surface area contributed by atoms with E-state index >= 15 is 0 Å². The summed E-state index contributed by atoms with van der Waals surface area (Å²) >= 11 is 1.73. The summed E-state index contributed by atoms with van der Waals surface area (Å²) in [7, 11) is 1.84. The van der Waals surface area contributed by atoms with Gasteiger partial charge < -0.3 is 10.2 Å². The molecule has 0 aliphatic carbocycles. The fraction of sp³-hybridized carbons (Fsp3) is 0.583. The molecule has 1 N–H and O–H groups in total. The van der Waals surface area contributed by atoms with E-state index in [2.05, 4.69) is 23.7 Å². The van der Waals surface area contributed by atoms with Crippen LogP contribution in [0, 0.1) is 6.92 Å². The van der Waals surface area contributed by atoms with E-state index in [0.29, 0.717) is 6.54 Å². The van der Waals surface area contributed by atoms with Gasteiger partial charge in [0.2, 0.25) is 5.91 Å². The lowest BCUT2D eigenvalue weighted by Crippen LogP contribution is -2.39. The summed E-state index contributed by atoms with van der Waals surface area (Å²) in [6.07, 6.45) is 0. The monoisotopic (exact) mass is 240 g/mol. The quantitative estimate of drug-likeness (QED) is 0.854. The number of nitrogens with one attached hydrogen (secondary N) is 1. The lowest BCUT2D eigenvalue weighted by atomic mass is 10.3. The van der Waals surface area contributed by atoms with Crippen LogP contribution >= 0.6 is 11.3 Å². The third-order valence-corrected chi connectivity index (χ3v) is 3.72. The molecule has 1 rings (SSSR count). The van der Waals surface area contributed by atoms with E-state index in [1.54, 1.807) is 16.2 Å². The van der Waals surface area contributed by atoms with Crippen molar-refractivity contribution in [3.05, 3.63) is 21.9 Å². The van der Waals surface area contributed by atoms with Crippen LogP contribution in [0.5, 0.6) is 0 Å². The van der Waals surface area contributed by atoms with Gasteiger partial charge in [-0.15, -0.1) is 11.3 Å². The Morgan fingerprint density at radius 2 is 2.25 bits per heavy atom. The Morgan fingerprint density at radius 1 is 1.56 bits per heavy atom. The van der Waals surface area contributed by atoms with Crippen LogP contribution in [-0.4, -0.2) is 30.4 Å². The summed E-state index contributed by atoms with van der Waals surface area (Å²) < 4.78 is 0. The second-order valence-electron chi connectivity index (χ2n) is 4.23. The van der Waals surface area contributed by atoms with Crippen LogP contribution in [0.25, 0.3) is 0 Å². The molecule has 1 heterocycles. The van der Waals surface area contributed by atoms with Gasteiger partial charge in [-0.05, 0) is 37.8 Å². The highest BCUT2D eigenvalue weighted by Crippen LogP contribution is 2.14. The van der Waals surface area contributed by atoms with E-state index in [1.165, 1.54) is 10.4 Å². The minimum absolute atomic E-state index is 0.143. The average Bonchev–Trinajstić information content (AvgIpc) is 2.63. The first-order valence-corrected chi connectivity index (χ1v) is 6.39. The largest absolute Gasteiger partial charge is 0.342 e. The van der Waals surface area contributed by atoms with Crippen LogP contribution in [0.4, 0.5) is 0 Å². The molecular formula is C12H20N2OS. The molecule has 90 valence electrons. The van der Waals surface area contributed by atoms with Crippen LogP contribution in [0.2, 0.25) is 0 Å². The van der Waals surface area contributed by atoms with Gasteiger partial charge in [0.1, 0.15) is 0 Å².